The van der Waals surface area contributed by atoms with Crippen molar-refractivity contribution in [3.63, 3.8) is 0 Å². The Morgan fingerprint density at radius 1 is 1.42 bits per heavy atom. The Bertz CT molecular complexity index is 199. The van der Waals surface area contributed by atoms with Gasteiger partial charge in [-0.15, -0.1) is 11.8 Å². The van der Waals surface area contributed by atoms with E-state index in [1.807, 2.05) is 11.8 Å². The molecule has 2 fully saturated rings. The van der Waals surface area contributed by atoms with Crippen molar-refractivity contribution >= 4 is 17.7 Å². The molecule has 3 heteroatoms. The fraction of sp³-hybridized carbons (Fsp3) is 0.889. The van der Waals surface area contributed by atoms with Crippen molar-refractivity contribution in [1.29, 1.82) is 0 Å². The maximum atomic E-state index is 11.6. The molecule has 1 saturated heterocycles. The number of nitrogens with one attached hydrogen (secondary N) is 1. The third-order valence-corrected chi connectivity index (χ3v) is 4.33. The number of hydrogen-bond acceptors (Lipinski definition) is 2. The Hall–Kier alpha value is -0.180. The molecule has 1 amide bonds. The van der Waals surface area contributed by atoms with Crippen LogP contribution in [0.15, 0.2) is 0 Å². The first-order valence-electron chi connectivity index (χ1n) is 4.72. The highest BCUT2D eigenvalue weighted by Crippen LogP contribution is 2.45. The summed E-state index contributed by atoms with van der Waals surface area (Å²) >= 11 is 1.84. The normalized spacial score (nSPS) is 33.8. The largest absolute Gasteiger partial charge is 0.343 e. The highest BCUT2D eigenvalue weighted by Gasteiger charge is 2.46. The van der Waals surface area contributed by atoms with E-state index < -0.39 is 0 Å². The minimum Gasteiger partial charge on any atom is -0.343 e. The lowest BCUT2D eigenvalue weighted by atomic mass is 9.88. The maximum absolute atomic E-state index is 11.6. The molecular formula is C9H15NOS. The summed E-state index contributed by atoms with van der Waals surface area (Å²) in [5.41, 5.74) is 0. The van der Waals surface area contributed by atoms with Crippen molar-refractivity contribution in [1.82, 2.24) is 5.32 Å². The monoisotopic (exact) mass is 185 g/mol. The summed E-state index contributed by atoms with van der Waals surface area (Å²) < 4.78 is -0.0301. The van der Waals surface area contributed by atoms with Gasteiger partial charge in [0, 0.05) is 0 Å². The van der Waals surface area contributed by atoms with Crippen molar-refractivity contribution in [2.24, 2.45) is 0 Å². The van der Waals surface area contributed by atoms with Gasteiger partial charge in [0.05, 0.1) is 10.1 Å². The molecule has 0 radical (unpaired) electrons. The Morgan fingerprint density at radius 3 is 2.58 bits per heavy atom. The summed E-state index contributed by atoms with van der Waals surface area (Å²) in [6, 6.07) is 0. The summed E-state index contributed by atoms with van der Waals surface area (Å²) in [4.78, 5) is 11.6. The highest BCUT2D eigenvalue weighted by molar-refractivity contribution is 8.02. The Kier molecular flexibility index (Phi) is 2.07. The minimum atomic E-state index is -0.0301. The van der Waals surface area contributed by atoms with E-state index in [1.165, 1.54) is 19.3 Å². The molecule has 1 heterocycles. The number of carbonyl (C=O) groups is 1. The van der Waals surface area contributed by atoms with E-state index in [2.05, 4.69) is 12.2 Å². The van der Waals surface area contributed by atoms with Crippen LogP contribution in [0.4, 0.5) is 0 Å². The summed E-state index contributed by atoms with van der Waals surface area (Å²) in [5.74, 6) is 0.291. The molecule has 0 aromatic carbocycles. The van der Waals surface area contributed by atoms with E-state index in [-0.39, 0.29) is 4.75 Å². The molecule has 0 aromatic heterocycles. The third-order valence-electron chi connectivity index (χ3n) is 2.81. The first kappa shape index (κ1) is 8.42. The van der Waals surface area contributed by atoms with E-state index in [4.69, 9.17) is 0 Å². The van der Waals surface area contributed by atoms with Gasteiger partial charge in [-0.2, -0.15) is 0 Å². The van der Waals surface area contributed by atoms with Crippen LogP contribution in [0, 0.1) is 0 Å². The SMILES string of the molecule is CC1NC(=O)C2(CCCCC2)S1. The number of rotatable bonds is 0. The fourth-order valence-electron chi connectivity index (χ4n) is 2.21. The van der Waals surface area contributed by atoms with E-state index in [9.17, 15) is 4.79 Å². The number of carbonyl (C=O) groups excluding carboxylic acids is 1. The van der Waals surface area contributed by atoms with E-state index >= 15 is 0 Å². The molecule has 2 aliphatic rings. The van der Waals surface area contributed by atoms with Crippen LogP contribution in [0.25, 0.3) is 0 Å². The van der Waals surface area contributed by atoms with Gasteiger partial charge in [0.15, 0.2) is 0 Å². The topological polar surface area (TPSA) is 29.1 Å². The van der Waals surface area contributed by atoms with Crippen molar-refractivity contribution in [2.45, 2.75) is 49.1 Å². The zero-order valence-corrected chi connectivity index (χ0v) is 8.25. The molecule has 0 bridgehead atoms. The van der Waals surface area contributed by atoms with Gasteiger partial charge in [0.2, 0.25) is 5.91 Å². The number of amides is 1. The molecular weight excluding hydrogens is 170 g/mol. The van der Waals surface area contributed by atoms with E-state index in [1.54, 1.807) is 0 Å². The quantitative estimate of drug-likeness (QED) is 0.624. The summed E-state index contributed by atoms with van der Waals surface area (Å²) in [6.07, 6.45) is 5.95. The van der Waals surface area contributed by atoms with Gasteiger partial charge in [0.25, 0.3) is 0 Å². The van der Waals surface area contributed by atoms with Crippen LogP contribution in [0.3, 0.4) is 0 Å². The molecule has 0 aromatic rings. The highest BCUT2D eigenvalue weighted by atomic mass is 32.2. The zero-order valence-electron chi connectivity index (χ0n) is 7.43. The molecule has 1 N–H and O–H groups in total. The molecule has 1 spiro atoms. The second-order valence-electron chi connectivity index (χ2n) is 3.79. The van der Waals surface area contributed by atoms with Crippen LogP contribution in [-0.4, -0.2) is 16.0 Å². The van der Waals surface area contributed by atoms with Crippen molar-refractivity contribution in [2.75, 3.05) is 0 Å². The smallest absolute Gasteiger partial charge is 0.237 e. The minimum absolute atomic E-state index is 0.0301. The van der Waals surface area contributed by atoms with Gasteiger partial charge in [-0.05, 0) is 19.8 Å². The molecule has 68 valence electrons. The Labute approximate surface area is 77.5 Å². The summed E-state index contributed by atoms with van der Waals surface area (Å²) in [6.45, 7) is 2.08. The van der Waals surface area contributed by atoms with Crippen LogP contribution < -0.4 is 5.32 Å². The van der Waals surface area contributed by atoms with Gasteiger partial charge in [-0.3, -0.25) is 4.79 Å². The Morgan fingerprint density at radius 2 is 2.08 bits per heavy atom. The standard InChI is InChI=1S/C9H15NOS/c1-7-10-8(11)9(12-7)5-3-2-4-6-9/h7H,2-6H2,1H3,(H,10,11). The molecule has 1 saturated carbocycles. The van der Waals surface area contributed by atoms with Gasteiger partial charge < -0.3 is 5.32 Å². The second kappa shape index (κ2) is 2.95. The van der Waals surface area contributed by atoms with Crippen molar-refractivity contribution in [3.8, 4) is 0 Å². The molecule has 1 atom stereocenters. The molecule has 2 rings (SSSR count). The lowest BCUT2D eigenvalue weighted by molar-refractivity contribution is -0.123. The molecule has 1 aliphatic heterocycles. The average molecular weight is 185 g/mol. The number of hydrogen-bond donors (Lipinski definition) is 1. The predicted molar refractivity (Wildman–Crippen MR) is 51.0 cm³/mol. The van der Waals surface area contributed by atoms with Crippen LogP contribution >= 0.6 is 11.8 Å². The average Bonchev–Trinajstić information content (AvgIpc) is 2.29. The van der Waals surface area contributed by atoms with Gasteiger partial charge in [0.1, 0.15) is 0 Å². The second-order valence-corrected chi connectivity index (χ2v) is 5.51. The van der Waals surface area contributed by atoms with Gasteiger partial charge >= 0.3 is 0 Å². The Balaban J connectivity index is 2.13. The van der Waals surface area contributed by atoms with E-state index in [0.717, 1.165) is 12.8 Å². The lowest BCUT2D eigenvalue weighted by Gasteiger charge is -2.29. The molecule has 1 unspecified atom stereocenters. The molecule has 2 nitrogen and oxygen atoms in total. The van der Waals surface area contributed by atoms with Crippen molar-refractivity contribution < 1.29 is 4.79 Å². The van der Waals surface area contributed by atoms with Crippen molar-refractivity contribution in [3.05, 3.63) is 0 Å². The van der Waals surface area contributed by atoms with Crippen LogP contribution in [-0.2, 0) is 4.79 Å². The maximum Gasteiger partial charge on any atom is 0.237 e. The number of thioether (sulfide) groups is 1. The summed E-state index contributed by atoms with van der Waals surface area (Å²) in [7, 11) is 0. The first-order valence-corrected chi connectivity index (χ1v) is 5.60. The summed E-state index contributed by atoms with van der Waals surface area (Å²) in [5, 5.41) is 3.33. The van der Waals surface area contributed by atoms with Crippen LogP contribution in [0.2, 0.25) is 0 Å². The third kappa shape index (κ3) is 1.24. The predicted octanol–water partition coefficient (Wildman–Crippen LogP) is 1.90. The van der Waals surface area contributed by atoms with Crippen LogP contribution in [0.5, 0.6) is 0 Å². The molecule has 1 aliphatic carbocycles. The lowest BCUT2D eigenvalue weighted by Crippen LogP contribution is -2.38. The fourth-order valence-corrected chi connectivity index (χ4v) is 3.74. The van der Waals surface area contributed by atoms with Gasteiger partial charge in [-0.1, -0.05) is 19.3 Å². The van der Waals surface area contributed by atoms with E-state index in [0.29, 0.717) is 11.3 Å². The first-order chi connectivity index (χ1) is 5.73. The zero-order chi connectivity index (χ0) is 8.60. The molecule has 12 heavy (non-hydrogen) atoms. The van der Waals surface area contributed by atoms with Crippen LogP contribution in [0.1, 0.15) is 39.0 Å². The van der Waals surface area contributed by atoms with Gasteiger partial charge in [-0.25, -0.2) is 0 Å².